The van der Waals surface area contributed by atoms with Crippen molar-refractivity contribution in [3.05, 3.63) is 57.0 Å². The van der Waals surface area contributed by atoms with Crippen molar-refractivity contribution in [3.63, 3.8) is 0 Å². The molecule has 0 spiro atoms. The number of rotatable bonds is 6. The number of amides is 1. The fourth-order valence-corrected chi connectivity index (χ4v) is 2.64. The number of nitro groups is 1. The SMILES string of the molecule is CCOc1ccc(C(C)NC(=O)c2ccc([N+](=O)[O-])s2)cc1. The average molecular weight is 320 g/mol. The predicted octanol–water partition coefficient (Wildman–Crippen LogP) is 3.55. The van der Waals surface area contributed by atoms with Gasteiger partial charge in [0.15, 0.2) is 0 Å². The van der Waals surface area contributed by atoms with Crippen molar-refractivity contribution in [3.8, 4) is 5.75 Å². The lowest BCUT2D eigenvalue weighted by Crippen LogP contribution is -2.25. The van der Waals surface area contributed by atoms with E-state index in [-0.39, 0.29) is 17.0 Å². The van der Waals surface area contributed by atoms with Crippen LogP contribution >= 0.6 is 11.3 Å². The van der Waals surface area contributed by atoms with Crippen molar-refractivity contribution in [1.82, 2.24) is 5.32 Å². The third kappa shape index (κ3) is 3.82. The smallest absolute Gasteiger partial charge is 0.324 e. The number of thiophene rings is 1. The number of hydrogen-bond donors (Lipinski definition) is 1. The molecule has 116 valence electrons. The van der Waals surface area contributed by atoms with Gasteiger partial charge in [0.2, 0.25) is 0 Å². The van der Waals surface area contributed by atoms with Gasteiger partial charge in [-0.25, -0.2) is 0 Å². The fourth-order valence-electron chi connectivity index (χ4n) is 1.92. The Hall–Kier alpha value is -2.41. The van der Waals surface area contributed by atoms with E-state index in [0.29, 0.717) is 11.5 Å². The van der Waals surface area contributed by atoms with Gasteiger partial charge in [-0.2, -0.15) is 0 Å². The maximum absolute atomic E-state index is 12.1. The molecule has 2 aromatic rings. The van der Waals surface area contributed by atoms with E-state index in [1.54, 1.807) is 0 Å². The Morgan fingerprint density at radius 1 is 1.32 bits per heavy atom. The van der Waals surface area contributed by atoms with Crippen molar-refractivity contribution in [2.24, 2.45) is 0 Å². The second kappa shape index (κ2) is 7.04. The molecule has 0 saturated carbocycles. The van der Waals surface area contributed by atoms with Gasteiger partial charge in [0.25, 0.3) is 5.91 Å². The Balaban J connectivity index is 2.02. The van der Waals surface area contributed by atoms with Crippen LogP contribution in [0.4, 0.5) is 5.00 Å². The molecule has 1 aromatic carbocycles. The van der Waals surface area contributed by atoms with Crippen molar-refractivity contribution in [1.29, 1.82) is 0 Å². The maximum atomic E-state index is 12.1. The topological polar surface area (TPSA) is 81.5 Å². The first-order valence-corrected chi connectivity index (χ1v) is 7.60. The van der Waals surface area contributed by atoms with Gasteiger partial charge >= 0.3 is 5.00 Å². The molecule has 1 heterocycles. The van der Waals surface area contributed by atoms with Crippen LogP contribution in [0.25, 0.3) is 0 Å². The number of carbonyl (C=O) groups excluding carboxylic acids is 1. The van der Waals surface area contributed by atoms with E-state index in [1.807, 2.05) is 38.1 Å². The molecule has 1 unspecified atom stereocenters. The van der Waals surface area contributed by atoms with E-state index in [1.165, 1.54) is 12.1 Å². The van der Waals surface area contributed by atoms with Gasteiger partial charge in [-0.1, -0.05) is 23.5 Å². The van der Waals surface area contributed by atoms with Crippen molar-refractivity contribution in [2.45, 2.75) is 19.9 Å². The lowest BCUT2D eigenvalue weighted by molar-refractivity contribution is -0.380. The van der Waals surface area contributed by atoms with Crippen LogP contribution in [0.3, 0.4) is 0 Å². The predicted molar refractivity (Wildman–Crippen MR) is 84.5 cm³/mol. The van der Waals surface area contributed by atoms with Crippen LogP contribution < -0.4 is 10.1 Å². The molecule has 22 heavy (non-hydrogen) atoms. The summed E-state index contributed by atoms with van der Waals surface area (Å²) in [6.07, 6.45) is 0. The van der Waals surface area contributed by atoms with Crippen LogP contribution in [0.2, 0.25) is 0 Å². The third-order valence-electron chi connectivity index (χ3n) is 3.03. The van der Waals surface area contributed by atoms with Crippen LogP contribution in [0.15, 0.2) is 36.4 Å². The highest BCUT2D eigenvalue weighted by molar-refractivity contribution is 7.17. The normalized spacial score (nSPS) is 11.7. The van der Waals surface area contributed by atoms with Gasteiger partial charge < -0.3 is 10.1 Å². The van der Waals surface area contributed by atoms with Gasteiger partial charge in [-0.05, 0) is 37.6 Å². The summed E-state index contributed by atoms with van der Waals surface area (Å²) in [4.78, 5) is 22.5. The van der Waals surface area contributed by atoms with Gasteiger partial charge in [-0.15, -0.1) is 0 Å². The highest BCUT2D eigenvalue weighted by Gasteiger charge is 2.17. The first kappa shape index (κ1) is 16.0. The second-order valence-corrected chi connectivity index (χ2v) is 5.65. The molecule has 0 saturated heterocycles. The highest BCUT2D eigenvalue weighted by Crippen LogP contribution is 2.25. The minimum atomic E-state index is -0.503. The van der Waals surface area contributed by atoms with Crippen LogP contribution in [0, 0.1) is 10.1 Å². The van der Waals surface area contributed by atoms with Crippen molar-refractivity contribution in [2.75, 3.05) is 6.61 Å². The maximum Gasteiger partial charge on any atom is 0.324 e. The molecule has 1 amide bonds. The van der Waals surface area contributed by atoms with E-state index in [2.05, 4.69) is 5.32 Å². The summed E-state index contributed by atoms with van der Waals surface area (Å²) in [7, 11) is 0. The minimum Gasteiger partial charge on any atom is -0.494 e. The third-order valence-corrected chi connectivity index (χ3v) is 4.07. The molecule has 1 aromatic heterocycles. The standard InChI is InChI=1S/C15H16N2O4S/c1-3-21-12-6-4-11(5-7-12)10(2)16-15(18)13-8-9-14(22-13)17(19)20/h4-10H,3H2,1-2H3,(H,16,18). The Morgan fingerprint density at radius 2 is 2.00 bits per heavy atom. The van der Waals surface area contributed by atoms with E-state index >= 15 is 0 Å². The molecule has 2 rings (SSSR count). The monoisotopic (exact) mass is 320 g/mol. The van der Waals surface area contributed by atoms with Gasteiger partial charge in [0.05, 0.1) is 22.4 Å². The number of nitrogens with one attached hydrogen (secondary N) is 1. The summed E-state index contributed by atoms with van der Waals surface area (Å²) in [5.74, 6) is 0.457. The molecule has 0 radical (unpaired) electrons. The zero-order valence-electron chi connectivity index (χ0n) is 12.2. The lowest BCUT2D eigenvalue weighted by atomic mass is 10.1. The van der Waals surface area contributed by atoms with Crippen molar-refractivity contribution < 1.29 is 14.5 Å². The molecule has 0 aliphatic heterocycles. The summed E-state index contributed by atoms with van der Waals surface area (Å²) in [6, 6.07) is 10.0. The molecule has 1 N–H and O–H groups in total. The van der Waals surface area contributed by atoms with Crippen molar-refractivity contribution >= 4 is 22.2 Å². The summed E-state index contributed by atoms with van der Waals surface area (Å²) in [5.41, 5.74) is 0.933. The molecule has 0 fully saturated rings. The molecule has 1 atom stereocenters. The van der Waals surface area contributed by atoms with E-state index in [0.717, 1.165) is 22.6 Å². The number of carbonyl (C=O) groups is 1. The zero-order valence-corrected chi connectivity index (χ0v) is 13.1. The molecule has 0 bridgehead atoms. The molecule has 0 aliphatic carbocycles. The Labute approximate surface area is 131 Å². The fraction of sp³-hybridized carbons (Fsp3) is 0.267. The van der Waals surface area contributed by atoms with Gasteiger partial charge in [0, 0.05) is 6.07 Å². The number of nitrogens with zero attached hydrogens (tertiary/aromatic N) is 1. The molecular formula is C15H16N2O4S. The summed E-state index contributed by atoms with van der Waals surface area (Å²) in [5, 5.41) is 13.4. The van der Waals surface area contributed by atoms with Gasteiger partial charge in [-0.3, -0.25) is 14.9 Å². The molecule has 7 heteroatoms. The first-order chi connectivity index (χ1) is 10.5. The van der Waals surface area contributed by atoms with E-state index in [4.69, 9.17) is 4.74 Å². The quantitative estimate of drug-likeness (QED) is 0.652. The first-order valence-electron chi connectivity index (χ1n) is 6.79. The lowest BCUT2D eigenvalue weighted by Gasteiger charge is -2.14. The summed E-state index contributed by atoms with van der Waals surface area (Å²) >= 11 is 0.864. The number of ether oxygens (including phenoxy) is 1. The van der Waals surface area contributed by atoms with Crippen LogP contribution in [0.5, 0.6) is 5.75 Å². The Kier molecular flexibility index (Phi) is 5.11. The average Bonchev–Trinajstić information content (AvgIpc) is 2.98. The number of benzene rings is 1. The summed E-state index contributed by atoms with van der Waals surface area (Å²) in [6.45, 7) is 4.37. The molecule has 0 aliphatic rings. The second-order valence-electron chi connectivity index (χ2n) is 4.59. The molecular weight excluding hydrogens is 304 g/mol. The van der Waals surface area contributed by atoms with E-state index < -0.39 is 4.92 Å². The highest BCUT2D eigenvalue weighted by atomic mass is 32.1. The Bertz CT molecular complexity index is 666. The van der Waals surface area contributed by atoms with Crippen LogP contribution in [-0.2, 0) is 0 Å². The van der Waals surface area contributed by atoms with Gasteiger partial charge in [0.1, 0.15) is 5.75 Å². The zero-order chi connectivity index (χ0) is 16.1. The Morgan fingerprint density at radius 3 is 2.55 bits per heavy atom. The van der Waals surface area contributed by atoms with Crippen LogP contribution in [-0.4, -0.2) is 17.4 Å². The number of hydrogen-bond acceptors (Lipinski definition) is 5. The minimum absolute atomic E-state index is 0.0427. The largest absolute Gasteiger partial charge is 0.494 e. The van der Waals surface area contributed by atoms with E-state index in [9.17, 15) is 14.9 Å². The summed E-state index contributed by atoms with van der Waals surface area (Å²) < 4.78 is 5.37. The van der Waals surface area contributed by atoms with Crippen LogP contribution in [0.1, 0.15) is 35.1 Å². The molecule has 6 nitrogen and oxygen atoms in total.